The van der Waals surface area contributed by atoms with Crippen molar-refractivity contribution >= 4 is 23.1 Å². The normalized spacial score (nSPS) is 24.4. The topological polar surface area (TPSA) is 74.7 Å². The minimum Gasteiger partial charge on any atom is -0.507 e. The summed E-state index contributed by atoms with van der Waals surface area (Å²) in [5.74, 6) is 2.03. The van der Waals surface area contributed by atoms with Gasteiger partial charge in [0.25, 0.3) is 0 Å². The second kappa shape index (κ2) is 9.29. The highest BCUT2D eigenvalue weighted by Crippen LogP contribution is 2.55. The Morgan fingerprint density at radius 1 is 1.14 bits per heavy atom. The molecule has 1 aliphatic heterocycles. The average molecular weight is 502 g/mol. The van der Waals surface area contributed by atoms with Crippen molar-refractivity contribution in [2.24, 2.45) is 11.3 Å². The van der Waals surface area contributed by atoms with Gasteiger partial charge in [0.15, 0.2) is 11.5 Å². The van der Waals surface area contributed by atoms with Crippen LogP contribution in [-0.2, 0) is 12.8 Å². The summed E-state index contributed by atoms with van der Waals surface area (Å²) in [6, 6.07) is 8.05. The van der Waals surface area contributed by atoms with Gasteiger partial charge in [0, 0.05) is 23.0 Å². The second-order valence-electron chi connectivity index (χ2n) is 11.9. The van der Waals surface area contributed by atoms with Crippen molar-refractivity contribution in [2.45, 2.75) is 72.0 Å². The molecule has 3 aromatic rings. The van der Waals surface area contributed by atoms with E-state index in [4.69, 9.17) is 9.47 Å². The van der Waals surface area contributed by atoms with E-state index in [1.54, 1.807) is 7.11 Å². The first-order valence-electron chi connectivity index (χ1n) is 13.2. The third kappa shape index (κ3) is 4.54. The van der Waals surface area contributed by atoms with Crippen LogP contribution in [0.25, 0.3) is 23.1 Å². The van der Waals surface area contributed by atoms with Crippen LogP contribution in [0.5, 0.6) is 17.2 Å². The Balaban J connectivity index is 1.46. The number of allylic oxidation sites excluding steroid dienone is 2. The van der Waals surface area contributed by atoms with Crippen LogP contribution in [0.3, 0.4) is 0 Å². The second-order valence-corrected chi connectivity index (χ2v) is 11.9. The van der Waals surface area contributed by atoms with Crippen LogP contribution in [-0.4, -0.2) is 34.0 Å². The molecule has 2 aliphatic rings. The van der Waals surface area contributed by atoms with Gasteiger partial charge in [0.05, 0.1) is 13.2 Å². The van der Waals surface area contributed by atoms with E-state index in [1.165, 1.54) is 5.57 Å². The zero-order chi connectivity index (χ0) is 26.5. The summed E-state index contributed by atoms with van der Waals surface area (Å²) < 4.78 is 12.4. The third-order valence-corrected chi connectivity index (χ3v) is 8.60. The number of aliphatic hydroxyl groups is 1. The Morgan fingerprint density at radius 3 is 2.57 bits per heavy atom. The van der Waals surface area contributed by atoms with E-state index in [0.717, 1.165) is 70.3 Å². The van der Waals surface area contributed by atoms with E-state index >= 15 is 0 Å². The number of ether oxygens (including phenoxy) is 2. The van der Waals surface area contributed by atoms with Gasteiger partial charge in [-0.05, 0) is 98.4 Å². The van der Waals surface area contributed by atoms with Crippen LogP contribution in [0.1, 0.15) is 69.7 Å². The summed E-state index contributed by atoms with van der Waals surface area (Å²) in [5, 5.41) is 22.4. The molecule has 0 bridgehead atoms. The Morgan fingerprint density at radius 2 is 1.86 bits per heavy atom. The molecule has 3 N–H and O–H groups in total. The molecule has 2 aromatic carbocycles. The number of phenols is 1. The quantitative estimate of drug-likeness (QED) is 0.259. The van der Waals surface area contributed by atoms with Crippen molar-refractivity contribution in [3.05, 3.63) is 64.4 Å². The molecule has 0 saturated heterocycles. The molecule has 5 heteroatoms. The summed E-state index contributed by atoms with van der Waals surface area (Å²) >= 11 is 0. The molecule has 196 valence electrons. The minimum absolute atomic E-state index is 0.202. The van der Waals surface area contributed by atoms with Crippen LogP contribution in [0.15, 0.2) is 42.1 Å². The number of methoxy groups -OCH3 is 1. The van der Waals surface area contributed by atoms with Crippen molar-refractivity contribution in [2.75, 3.05) is 7.11 Å². The highest BCUT2D eigenvalue weighted by molar-refractivity contribution is 5.92. The van der Waals surface area contributed by atoms with E-state index < -0.39 is 0 Å². The summed E-state index contributed by atoms with van der Waals surface area (Å²) in [6.45, 7) is 10.7. The van der Waals surface area contributed by atoms with Crippen molar-refractivity contribution < 1.29 is 19.7 Å². The lowest BCUT2D eigenvalue weighted by atomic mass is 9.57. The van der Waals surface area contributed by atoms with Crippen molar-refractivity contribution in [3.63, 3.8) is 0 Å². The van der Waals surface area contributed by atoms with Gasteiger partial charge in [-0.2, -0.15) is 0 Å². The van der Waals surface area contributed by atoms with Gasteiger partial charge in [-0.3, -0.25) is 0 Å². The average Bonchev–Trinajstić information content (AvgIpc) is 3.26. The monoisotopic (exact) mass is 501 g/mol. The Kier molecular flexibility index (Phi) is 6.39. The lowest BCUT2D eigenvalue weighted by Gasteiger charge is -2.55. The zero-order valence-electron chi connectivity index (χ0n) is 22.8. The van der Waals surface area contributed by atoms with E-state index in [2.05, 4.69) is 57.8 Å². The summed E-state index contributed by atoms with van der Waals surface area (Å²) in [5.41, 5.74) is 5.73. The van der Waals surface area contributed by atoms with Crippen molar-refractivity contribution in [1.29, 1.82) is 0 Å². The van der Waals surface area contributed by atoms with E-state index in [0.29, 0.717) is 0 Å². The number of aliphatic hydroxyl groups excluding tert-OH is 1. The van der Waals surface area contributed by atoms with Crippen LogP contribution < -0.4 is 9.47 Å². The molecule has 0 amide bonds. The molecule has 1 aromatic heterocycles. The Labute approximate surface area is 219 Å². The molecule has 1 fully saturated rings. The Hall–Kier alpha value is -3.18. The van der Waals surface area contributed by atoms with Gasteiger partial charge in [-0.15, -0.1) is 0 Å². The van der Waals surface area contributed by atoms with Crippen LogP contribution in [0, 0.1) is 11.3 Å². The minimum atomic E-state index is -0.334. The summed E-state index contributed by atoms with van der Waals surface area (Å²) in [6.07, 6.45) is 11.1. The predicted octanol–water partition coefficient (Wildman–Crippen LogP) is 7.05. The molecule has 0 spiro atoms. The number of hydrogen-bond donors (Lipinski definition) is 3. The molecule has 5 nitrogen and oxygen atoms in total. The number of phenolic OH excluding ortho intramolecular Hbond substituents is 1. The maximum absolute atomic E-state index is 10.8. The number of nitrogens with one attached hydrogen (secondary N) is 1. The van der Waals surface area contributed by atoms with Crippen molar-refractivity contribution in [1.82, 2.24) is 4.98 Å². The number of aromatic hydroxyl groups is 1. The number of aromatic amines is 1. The highest BCUT2D eigenvalue weighted by Gasteiger charge is 2.54. The fraction of sp³-hybridized carbons (Fsp3) is 0.438. The summed E-state index contributed by atoms with van der Waals surface area (Å²) in [7, 11) is 1.68. The molecule has 2 heterocycles. The SMILES string of the molecule is COc1cc(/C=C/c2cc(O)c3c(CC=C(C)C)c[nH]c3c2)cc2c1O[C@]1(C)CC[C@@H](O)C(C)(C)[C@H]1C2. The maximum Gasteiger partial charge on any atom is 0.165 e. The maximum atomic E-state index is 10.8. The number of fused-ring (bicyclic) bond motifs is 3. The summed E-state index contributed by atoms with van der Waals surface area (Å²) in [4.78, 5) is 3.31. The first-order chi connectivity index (χ1) is 17.5. The van der Waals surface area contributed by atoms with Gasteiger partial charge >= 0.3 is 0 Å². The lowest BCUT2D eigenvalue weighted by molar-refractivity contribution is -0.138. The largest absolute Gasteiger partial charge is 0.507 e. The Bertz CT molecular complexity index is 1390. The standard InChI is InChI=1S/C32H39NO4/c1-19(2)7-10-22-18-33-24-14-21(15-25(34)29(22)24)9-8-20-13-23-17-27-31(3,4)28(35)11-12-32(27,5)37-30(23)26(16-20)36-6/h7-9,13-16,18,27-28,33-35H,10-12,17H2,1-6H3/b9-8+/t27-,28-,32-/m1/s1. The van der Waals surface area contributed by atoms with Gasteiger partial charge < -0.3 is 24.7 Å². The van der Waals surface area contributed by atoms with Gasteiger partial charge in [0.2, 0.25) is 0 Å². The first-order valence-corrected chi connectivity index (χ1v) is 13.2. The van der Waals surface area contributed by atoms with E-state index in [9.17, 15) is 10.2 Å². The van der Waals surface area contributed by atoms with E-state index in [1.807, 2.05) is 30.5 Å². The van der Waals surface area contributed by atoms with Crippen LogP contribution >= 0.6 is 0 Å². The predicted molar refractivity (Wildman–Crippen MR) is 150 cm³/mol. The van der Waals surface area contributed by atoms with Crippen molar-refractivity contribution in [3.8, 4) is 17.2 Å². The molecular weight excluding hydrogens is 462 g/mol. The molecule has 1 saturated carbocycles. The third-order valence-electron chi connectivity index (χ3n) is 8.60. The number of hydrogen-bond acceptors (Lipinski definition) is 4. The van der Waals surface area contributed by atoms with Crippen LogP contribution in [0.4, 0.5) is 0 Å². The molecule has 37 heavy (non-hydrogen) atoms. The number of rotatable bonds is 5. The molecule has 0 unspecified atom stereocenters. The number of H-pyrrole nitrogens is 1. The first kappa shape index (κ1) is 25.5. The zero-order valence-corrected chi connectivity index (χ0v) is 22.8. The molecule has 1 aliphatic carbocycles. The van der Waals surface area contributed by atoms with Crippen LogP contribution in [0.2, 0.25) is 0 Å². The highest BCUT2D eigenvalue weighted by atomic mass is 16.5. The fourth-order valence-corrected chi connectivity index (χ4v) is 6.34. The molecule has 0 radical (unpaired) electrons. The number of benzene rings is 2. The molecule has 5 rings (SSSR count). The van der Waals surface area contributed by atoms with Gasteiger partial charge in [-0.25, -0.2) is 0 Å². The fourth-order valence-electron chi connectivity index (χ4n) is 6.34. The smallest absolute Gasteiger partial charge is 0.165 e. The van der Waals surface area contributed by atoms with E-state index in [-0.39, 0.29) is 28.8 Å². The van der Waals surface area contributed by atoms with Gasteiger partial charge in [-0.1, -0.05) is 37.6 Å². The lowest BCUT2D eigenvalue weighted by Crippen LogP contribution is -2.58. The number of aromatic nitrogens is 1. The molecular formula is C32H39NO4. The molecule has 3 atom stereocenters. The van der Waals surface area contributed by atoms with Gasteiger partial charge in [0.1, 0.15) is 11.4 Å².